The van der Waals surface area contributed by atoms with Gasteiger partial charge in [-0.25, -0.2) is 0 Å². The van der Waals surface area contributed by atoms with E-state index >= 15 is 0 Å². The van der Waals surface area contributed by atoms with Gasteiger partial charge >= 0.3 is 0 Å². The van der Waals surface area contributed by atoms with E-state index in [0.29, 0.717) is 0 Å². The van der Waals surface area contributed by atoms with Gasteiger partial charge in [0.1, 0.15) is 0 Å². The Bertz CT molecular complexity index is 115. The molecule has 0 spiro atoms. The van der Waals surface area contributed by atoms with Crippen LogP contribution >= 0.6 is 0 Å². The van der Waals surface area contributed by atoms with E-state index in [1.165, 1.54) is 39.0 Å². The van der Waals surface area contributed by atoms with E-state index in [0.717, 1.165) is 13.0 Å². The van der Waals surface area contributed by atoms with Crippen molar-refractivity contribution in [1.82, 2.24) is 10.2 Å². The van der Waals surface area contributed by atoms with Gasteiger partial charge in [-0.2, -0.15) is 0 Å². The molecule has 1 aliphatic rings. The summed E-state index contributed by atoms with van der Waals surface area (Å²) < 4.78 is 0. The van der Waals surface area contributed by atoms with E-state index in [2.05, 4.69) is 16.8 Å². The fraction of sp³-hybridized carbons (Fsp3) is 0.800. The summed E-state index contributed by atoms with van der Waals surface area (Å²) >= 11 is 0. The van der Waals surface area contributed by atoms with Gasteiger partial charge in [-0.05, 0) is 38.9 Å². The Morgan fingerprint density at radius 2 is 2.25 bits per heavy atom. The van der Waals surface area contributed by atoms with Crippen molar-refractivity contribution in [1.29, 1.82) is 0 Å². The van der Waals surface area contributed by atoms with E-state index < -0.39 is 0 Å². The van der Waals surface area contributed by atoms with Crippen molar-refractivity contribution >= 4 is 0 Å². The van der Waals surface area contributed by atoms with Crippen LogP contribution in [0.2, 0.25) is 0 Å². The van der Waals surface area contributed by atoms with Crippen molar-refractivity contribution < 1.29 is 0 Å². The predicted molar refractivity (Wildman–Crippen MR) is 53.4 cm³/mol. The highest BCUT2D eigenvalue weighted by atomic mass is 15.1. The minimum absolute atomic E-state index is 1.16. The number of unbranched alkanes of at least 4 members (excludes halogenated alkanes) is 1. The molecule has 0 aliphatic carbocycles. The third-order valence-electron chi connectivity index (χ3n) is 2.32. The normalized spacial score (nSPS) is 20.3. The summed E-state index contributed by atoms with van der Waals surface area (Å²) in [7, 11) is 0. The van der Waals surface area contributed by atoms with Crippen LogP contribution in [-0.2, 0) is 0 Å². The Morgan fingerprint density at radius 3 is 3.08 bits per heavy atom. The standard InChI is InChI=1S/C10H20N2/c1-2-3-4-8-12-9-5-6-11-7-10-12/h2,11H,1,3-10H2. The van der Waals surface area contributed by atoms with Gasteiger partial charge in [0.05, 0.1) is 0 Å². The lowest BCUT2D eigenvalue weighted by Crippen LogP contribution is -2.28. The maximum Gasteiger partial charge on any atom is 0.0107 e. The molecule has 2 heteroatoms. The lowest BCUT2D eigenvalue weighted by atomic mass is 10.3. The number of allylic oxidation sites excluding steroid dienone is 1. The van der Waals surface area contributed by atoms with Gasteiger partial charge in [-0.1, -0.05) is 6.08 Å². The first kappa shape index (κ1) is 9.75. The Hall–Kier alpha value is -0.340. The first-order valence-corrected chi connectivity index (χ1v) is 4.97. The van der Waals surface area contributed by atoms with Crippen LogP contribution in [-0.4, -0.2) is 37.6 Å². The molecule has 1 saturated heterocycles. The summed E-state index contributed by atoms with van der Waals surface area (Å²) in [6.07, 6.45) is 5.73. The topological polar surface area (TPSA) is 15.3 Å². The quantitative estimate of drug-likeness (QED) is 0.502. The van der Waals surface area contributed by atoms with E-state index in [9.17, 15) is 0 Å². The molecule has 12 heavy (non-hydrogen) atoms. The average molecular weight is 168 g/mol. The average Bonchev–Trinajstić information content (AvgIpc) is 2.33. The maximum atomic E-state index is 3.73. The maximum absolute atomic E-state index is 3.73. The molecule has 0 bridgehead atoms. The summed E-state index contributed by atoms with van der Waals surface area (Å²) in [6, 6.07) is 0. The predicted octanol–water partition coefficient (Wildman–Crippen LogP) is 1.25. The highest BCUT2D eigenvalue weighted by Gasteiger charge is 2.06. The summed E-state index contributed by atoms with van der Waals surface area (Å²) in [5.74, 6) is 0. The van der Waals surface area contributed by atoms with Crippen LogP contribution in [0.15, 0.2) is 12.7 Å². The zero-order valence-corrected chi connectivity index (χ0v) is 7.89. The Balaban J connectivity index is 2.07. The molecule has 0 atom stereocenters. The summed E-state index contributed by atoms with van der Waals surface area (Å²) in [5, 5.41) is 3.41. The van der Waals surface area contributed by atoms with Gasteiger partial charge in [0.25, 0.3) is 0 Å². The molecule has 0 aromatic rings. The molecular formula is C10H20N2. The number of nitrogens with zero attached hydrogens (tertiary/aromatic N) is 1. The molecule has 1 fully saturated rings. The number of hydrogen-bond donors (Lipinski definition) is 1. The van der Waals surface area contributed by atoms with Crippen LogP contribution in [0.1, 0.15) is 19.3 Å². The molecule has 0 aromatic heterocycles. The van der Waals surface area contributed by atoms with Crippen molar-refractivity contribution in [3.63, 3.8) is 0 Å². The van der Waals surface area contributed by atoms with Crippen LogP contribution < -0.4 is 5.32 Å². The number of nitrogens with one attached hydrogen (secondary N) is 1. The van der Waals surface area contributed by atoms with Gasteiger partial charge < -0.3 is 10.2 Å². The summed E-state index contributed by atoms with van der Waals surface area (Å²) in [6.45, 7) is 9.82. The highest BCUT2D eigenvalue weighted by Crippen LogP contribution is 1.98. The Kier molecular flexibility index (Phi) is 5.04. The molecule has 0 amide bonds. The Labute approximate surface area is 75.6 Å². The van der Waals surface area contributed by atoms with E-state index in [1.807, 2.05) is 6.08 Å². The van der Waals surface area contributed by atoms with Crippen molar-refractivity contribution in [3.8, 4) is 0 Å². The van der Waals surface area contributed by atoms with Crippen molar-refractivity contribution in [2.45, 2.75) is 19.3 Å². The second-order valence-electron chi connectivity index (χ2n) is 3.38. The number of hydrogen-bond acceptors (Lipinski definition) is 2. The molecule has 1 aliphatic heterocycles. The van der Waals surface area contributed by atoms with Crippen LogP contribution in [0.3, 0.4) is 0 Å². The summed E-state index contributed by atoms with van der Waals surface area (Å²) in [5.41, 5.74) is 0. The molecule has 0 aromatic carbocycles. The molecule has 0 unspecified atom stereocenters. The van der Waals surface area contributed by atoms with Crippen LogP contribution in [0.25, 0.3) is 0 Å². The minimum atomic E-state index is 1.16. The largest absolute Gasteiger partial charge is 0.315 e. The monoisotopic (exact) mass is 168 g/mol. The molecule has 0 radical (unpaired) electrons. The second kappa shape index (κ2) is 6.21. The van der Waals surface area contributed by atoms with Crippen LogP contribution in [0.4, 0.5) is 0 Å². The molecule has 1 N–H and O–H groups in total. The lowest BCUT2D eigenvalue weighted by molar-refractivity contribution is 0.289. The van der Waals surface area contributed by atoms with E-state index in [-0.39, 0.29) is 0 Å². The first-order chi connectivity index (χ1) is 5.93. The lowest BCUT2D eigenvalue weighted by Gasteiger charge is -2.18. The van der Waals surface area contributed by atoms with Gasteiger partial charge in [-0.3, -0.25) is 0 Å². The smallest absolute Gasteiger partial charge is 0.0107 e. The minimum Gasteiger partial charge on any atom is -0.315 e. The highest BCUT2D eigenvalue weighted by molar-refractivity contribution is 4.70. The van der Waals surface area contributed by atoms with Crippen LogP contribution in [0, 0.1) is 0 Å². The summed E-state index contributed by atoms with van der Waals surface area (Å²) in [4.78, 5) is 2.55. The number of rotatable bonds is 4. The first-order valence-electron chi connectivity index (χ1n) is 4.97. The van der Waals surface area contributed by atoms with Crippen LogP contribution in [0.5, 0.6) is 0 Å². The SMILES string of the molecule is C=CCCCN1CCCNCC1. The molecule has 70 valence electrons. The van der Waals surface area contributed by atoms with Gasteiger partial charge in [0.15, 0.2) is 0 Å². The molecule has 0 saturated carbocycles. The van der Waals surface area contributed by atoms with E-state index in [4.69, 9.17) is 0 Å². The molecular weight excluding hydrogens is 148 g/mol. The molecule has 1 rings (SSSR count). The zero-order chi connectivity index (χ0) is 8.65. The van der Waals surface area contributed by atoms with Crippen molar-refractivity contribution in [3.05, 3.63) is 12.7 Å². The van der Waals surface area contributed by atoms with E-state index in [1.54, 1.807) is 0 Å². The molecule has 1 heterocycles. The third kappa shape index (κ3) is 3.88. The van der Waals surface area contributed by atoms with Crippen molar-refractivity contribution in [2.75, 3.05) is 32.7 Å². The zero-order valence-electron chi connectivity index (χ0n) is 7.89. The second-order valence-corrected chi connectivity index (χ2v) is 3.38. The fourth-order valence-corrected chi connectivity index (χ4v) is 1.58. The Morgan fingerprint density at radius 1 is 1.33 bits per heavy atom. The van der Waals surface area contributed by atoms with Gasteiger partial charge in [0.2, 0.25) is 0 Å². The van der Waals surface area contributed by atoms with Crippen molar-refractivity contribution in [2.24, 2.45) is 0 Å². The molecule has 2 nitrogen and oxygen atoms in total. The van der Waals surface area contributed by atoms with Gasteiger partial charge in [-0.15, -0.1) is 6.58 Å². The van der Waals surface area contributed by atoms with Gasteiger partial charge in [0, 0.05) is 13.1 Å². The third-order valence-corrected chi connectivity index (χ3v) is 2.32. The fourth-order valence-electron chi connectivity index (χ4n) is 1.58.